The van der Waals surface area contributed by atoms with Crippen molar-refractivity contribution in [2.75, 3.05) is 35.7 Å². The van der Waals surface area contributed by atoms with Crippen LogP contribution in [0.3, 0.4) is 0 Å². The van der Waals surface area contributed by atoms with Crippen molar-refractivity contribution >= 4 is 29.0 Å². The highest BCUT2D eigenvalue weighted by molar-refractivity contribution is 6.07. The second-order valence-electron chi connectivity index (χ2n) is 5.48. The molecule has 1 aromatic carbocycles. The van der Waals surface area contributed by atoms with Gasteiger partial charge < -0.3 is 20.6 Å². The van der Waals surface area contributed by atoms with Gasteiger partial charge in [0, 0.05) is 25.5 Å². The molecule has 0 spiro atoms. The topological polar surface area (TPSA) is 94.6 Å². The third-order valence-corrected chi connectivity index (χ3v) is 3.92. The van der Waals surface area contributed by atoms with E-state index in [1.54, 1.807) is 19.2 Å². The van der Waals surface area contributed by atoms with Gasteiger partial charge in [-0.15, -0.1) is 0 Å². The zero-order valence-corrected chi connectivity index (χ0v) is 13.2. The van der Waals surface area contributed by atoms with E-state index in [9.17, 15) is 9.59 Å². The fourth-order valence-corrected chi connectivity index (χ4v) is 2.56. The van der Waals surface area contributed by atoms with E-state index in [1.165, 1.54) is 11.1 Å². The molecule has 3 rings (SSSR count). The first kappa shape index (κ1) is 15.9. The third-order valence-electron chi connectivity index (χ3n) is 3.92. The maximum atomic E-state index is 12.5. The van der Waals surface area contributed by atoms with Crippen LogP contribution in [0.4, 0.5) is 17.2 Å². The van der Waals surface area contributed by atoms with Gasteiger partial charge in [0.1, 0.15) is 5.82 Å². The number of para-hydroxylation sites is 1. The Morgan fingerprint density at radius 1 is 1.42 bits per heavy atom. The van der Waals surface area contributed by atoms with Crippen LogP contribution in [0.2, 0.25) is 0 Å². The van der Waals surface area contributed by atoms with Crippen molar-refractivity contribution in [3.05, 3.63) is 47.7 Å². The molecule has 0 saturated heterocycles. The van der Waals surface area contributed by atoms with Gasteiger partial charge in [-0.1, -0.05) is 18.2 Å². The van der Waals surface area contributed by atoms with E-state index in [4.69, 9.17) is 5.11 Å². The van der Waals surface area contributed by atoms with Crippen LogP contribution in [0.25, 0.3) is 0 Å². The van der Waals surface area contributed by atoms with Crippen LogP contribution in [-0.4, -0.2) is 42.1 Å². The molecule has 2 amide bonds. The fraction of sp³-hybridized carbons (Fsp3) is 0.235. The van der Waals surface area contributed by atoms with E-state index in [2.05, 4.69) is 15.6 Å². The third kappa shape index (κ3) is 3.07. The largest absolute Gasteiger partial charge is 0.396 e. The van der Waals surface area contributed by atoms with Gasteiger partial charge in [0.2, 0.25) is 5.91 Å². The van der Waals surface area contributed by atoms with Gasteiger partial charge in [-0.3, -0.25) is 9.59 Å². The van der Waals surface area contributed by atoms with E-state index in [0.29, 0.717) is 29.2 Å². The summed E-state index contributed by atoms with van der Waals surface area (Å²) in [6, 6.07) is 8.95. The van der Waals surface area contributed by atoms with Crippen LogP contribution in [-0.2, 0) is 11.2 Å². The number of hydrogen-bond acceptors (Lipinski definition) is 5. The Bertz CT molecular complexity index is 791. The molecule has 0 unspecified atom stereocenters. The number of aliphatic hydroxyl groups excluding tert-OH is 1. The standard InChI is InChI=1S/C17H18N4O3/c1-21-14-8-12(9-18-16(14)19-10-15(21)23)17(24)20-13-5-3-2-4-11(13)6-7-22/h2-5,8-9,22H,6-7,10H2,1H3,(H,18,19)(H,20,24). The number of nitrogens with one attached hydrogen (secondary N) is 2. The number of anilines is 3. The Balaban J connectivity index is 1.85. The molecule has 7 heteroatoms. The number of benzene rings is 1. The van der Waals surface area contributed by atoms with E-state index in [0.717, 1.165) is 5.56 Å². The second kappa shape index (κ2) is 6.67. The highest BCUT2D eigenvalue weighted by Crippen LogP contribution is 2.27. The molecule has 0 radical (unpaired) electrons. The molecule has 0 fully saturated rings. The lowest BCUT2D eigenvalue weighted by atomic mass is 10.1. The van der Waals surface area contributed by atoms with Gasteiger partial charge in [0.05, 0.1) is 17.8 Å². The molecule has 0 saturated carbocycles. The molecule has 24 heavy (non-hydrogen) atoms. The first-order chi connectivity index (χ1) is 11.6. The summed E-state index contributed by atoms with van der Waals surface area (Å²) in [4.78, 5) is 30.0. The number of rotatable bonds is 4. The van der Waals surface area contributed by atoms with Gasteiger partial charge >= 0.3 is 0 Å². The minimum atomic E-state index is -0.317. The van der Waals surface area contributed by atoms with Crippen molar-refractivity contribution in [3.8, 4) is 0 Å². The van der Waals surface area contributed by atoms with Gasteiger partial charge in [-0.2, -0.15) is 0 Å². The monoisotopic (exact) mass is 326 g/mol. The summed E-state index contributed by atoms with van der Waals surface area (Å²) >= 11 is 0. The van der Waals surface area contributed by atoms with Gasteiger partial charge in [0.25, 0.3) is 5.91 Å². The van der Waals surface area contributed by atoms with Gasteiger partial charge in [-0.05, 0) is 24.1 Å². The number of carbonyl (C=O) groups is 2. The number of nitrogens with zero attached hydrogens (tertiary/aromatic N) is 2. The quantitative estimate of drug-likeness (QED) is 0.786. The number of amides is 2. The minimum absolute atomic E-state index is 0.00581. The van der Waals surface area contributed by atoms with Crippen LogP contribution >= 0.6 is 0 Å². The average molecular weight is 326 g/mol. The predicted molar refractivity (Wildman–Crippen MR) is 91.3 cm³/mol. The van der Waals surface area contributed by atoms with Crippen LogP contribution in [0.5, 0.6) is 0 Å². The van der Waals surface area contributed by atoms with Crippen molar-refractivity contribution in [2.45, 2.75) is 6.42 Å². The van der Waals surface area contributed by atoms with Crippen LogP contribution in [0, 0.1) is 0 Å². The van der Waals surface area contributed by atoms with E-state index in [1.807, 2.05) is 18.2 Å². The molecule has 2 aromatic rings. The second-order valence-corrected chi connectivity index (χ2v) is 5.48. The molecule has 0 bridgehead atoms. The highest BCUT2D eigenvalue weighted by atomic mass is 16.3. The molecule has 124 valence electrons. The van der Waals surface area contributed by atoms with E-state index >= 15 is 0 Å². The zero-order valence-electron chi connectivity index (χ0n) is 13.2. The number of aliphatic hydroxyl groups is 1. The van der Waals surface area contributed by atoms with Crippen LogP contribution < -0.4 is 15.5 Å². The van der Waals surface area contributed by atoms with Crippen molar-refractivity contribution in [1.29, 1.82) is 0 Å². The molecule has 2 heterocycles. The lowest BCUT2D eigenvalue weighted by molar-refractivity contribution is -0.116. The summed E-state index contributed by atoms with van der Waals surface area (Å²) in [5.74, 6) is 0.173. The molecular weight excluding hydrogens is 308 g/mol. The molecule has 1 aromatic heterocycles. The number of carbonyl (C=O) groups excluding carboxylic acids is 2. The number of hydrogen-bond donors (Lipinski definition) is 3. The zero-order chi connectivity index (χ0) is 17.1. The number of aromatic nitrogens is 1. The Labute approximate surface area is 139 Å². The smallest absolute Gasteiger partial charge is 0.257 e. The summed E-state index contributed by atoms with van der Waals surface area (Å²) in [7, 11) is 1.65. The van der Waals surface area contributed by atoms with Crippen molar-refractivity contribution in [3.63, 3.8) is 0 Å². The van der Waals surface area contributed by atoms with Crippen molar-refractivity contribution < 1.29 is 14.7 Å². The highest BCUT2D eigenvalue weighted by Gasteiger charge is 2.23. The van der Waals surface area contributed by atoms with Gasteiger partial charge in [0.15, 0.2) is 0 Å². The van der Waals surface area contributed by atoms with Crippen molar-refractivity contribution in [2.24, 2.45) is 0 Å². The Hall–Kier alpha value is -2.93. The first-order valence-electron chi connectivity index (χ1n) is 7.60. The van der Waals surface area contributed by atoms with Crippen molar-refractivity contribution in [1.82, 2.24) is 4.98 Å². The van der Waals surface area contributed by atoms with Gasteiger partial charge in [-0.25, -0.2) is 4.98 Å². The lowest BCUT2D eigenvalue weighted by Crippen LogP contribution is -2.37. The predicted octanol–water partition coefficient (Wildman–Crippen LogP) is 1.26. The van der Waals surface area contributed by atoms with E-state index < -0.39 is 0 Å². The summed E-state index contributed by atoms with van der Waals surface area (Å²) < 4.78 is 0. The molecule has 0 aliphatic carbocycles. The number of likely N-dealkylation sites (N-methyl/N-ethyl adjacent to an activating group) is 1. The normalized spacial score (nSPS) is 13.2. The summed E-state index contributed by atoms with van der Waals surface area (Å²) in [6.45, 7) is 0.197. The Morgan fingerprint density at radius 3 is 3.00 bits per heavy atom. The lowest BCUT2D eigenvalue weighted by Gasteiger charge is -2.26. The molecule has 3 N–H and O–H groups in total. The summed E-state index contributed by atoms with van der Waals surface area (Å²) in [5, 5.41) is 14.9. The molecule has 7 nitrogen and oxygen atoms in total. The first-order valence-corrected chi connectivity index (χ1v) is 7.60. The summed E-state index contributed by atoms with van der Waals surface area (Å²) in [5.41, 5.74) is 2.43. The van der Waals surface area contributed by atoms with E-state index in [-0.39, 0.29) is 25.0 Å². The number of pyridine rings is 1. The maximum Gasteiger partial charge on any atom is 0.257 e. The Morgan fingerprint density at radius 2 is 2.21 bits per heavy atom. The average Bonchev–Trinajstić information content (AvgIpc) is 2.60. The number of fused-ring (bicyclic) bond motifs is 1. The van der Waals surface area contributed by atoms with Crippen LogP contribution in [0.1, 0.15) is 15.9 Å². The molecule has 1 aliphatic heterocycles. The van der Waals surface area contributed by atoms with Crippen LogP contribution in [0.15, 0.2) is 36.5 Å². The minimum Gasteiger partial charge on any atom is -0.396 e. The summed E-state index contributed by atoms with van der Waals surface area (Å²) in [6.07, 6.45) is 1.93. The fourth-order valence-electron chi connectivity index (χ4n) is 2.56. The molecular formula is C17H18N4O3. The SMILES string of the molecule is CN1C(=O)CNc2ncc(C(=O)Nc3ccccc3CCO)cc21. The maximum absolute atomic E-state index is 12.5. The molecule has 0 atom stereocenters. The Kier molecular flexibility index (Phi) is 4.43. The molecule has 1 aliphatic rings.